The second-order valence-electron chi connectivity index (χ2n) is 6.46. The third-order valence-electron chi connectivity index (χ3n) is 4.49. The molecule has 3 aromatic carbocycles. The van der Waals surface area contributed by atoms with Gasteiger partial charge >= 0.3 is 0 Å². The lowest BCUT2D eigenvalue weighted by Gasteiger charge is -2.12. The first kappa shape index (κ1) is 20.0. The van der Waals surface area contributed by atoms with Gasteiger partial charge in [0, 0.05) is 27.6 Å². The normalized spacial score (nSPS) is 10.7. The number of hydrogen-bond donors (Lipinski definition) is 1. The standard InChI is InChI=1S/C22H13BrClN3O3/c23-14-5-3-4-13(10-14)21-12-17(16-6-1-2-7-19(16)25-21)22(28)26-20-9-8-15(27(29)30)11-18(20)24/h1-12H,(H,26,28). The van der Waals surface area contributed by atoms with Crippen LogP contribution in [0.2, 0.25) is 5.02 Å². The van der Waals surface area contributed by atoms with Gasteiger partial charge in [-0.2, -0.15) is 0 Å². The van der Waals surface area contributed by atoms with Crippen LogP contribution in [0.1, 0.15) is 10.4 Å². The Hall–Kier alpha value is -3.29. The van der Waals surface area contributed by atoms with Gasteiger partial charge in [-0.3, -0.25) is 14.9 Å². The molecule has 1 amide bonds. The van der Waals surface area contributed by atoms with Crippen molar-refractivity contribution in [1.29, 1.82) is 0 Å². The lowest BCUT2D eigenvalue weighted by molar-refractivity contribution is -0.384. The number of non-ortho nitro benzene ring substituents is 1. The van der Waals surface area contributed by atoms with Gasteiger partial charge in [0.2, 0.25) is 0 Å². The van der Waals surface area contributed by atoms with Gasteiger partial charge in [0.25, 0.3) is 11.6 Å². The van der Waals surface area contributed by atoms with Crippen LogP contribution in [-0.2, 0) is 0 Å². The molecule has 0 aliphatic rings. The van der Waals surface area contributed by atoms with Gasteiger partial charge in [-0.05, 0) is 30.3 Å². The summed E-state index contributed by atoms with van der Waals surface area (Å²) in [4.78, 5) is 28.1. The smallest absolute Gasteiger partial charge is 0.271 e. The lowest BCUT2D eigenvalue weighted by atomic mass is 10.0. The highest BCUT2D eigenvalue weighted by Gasteiger charge is 2.17. The first-order valence-electron chi connectivity index (χ1n) is 8.83. The number of carbonyl (C=O) groups excluding carboxylic acids is 1. The number of fused-ring (bicyclic) bond motifs is 1. The van der Waals surface area contributed by atoms with Crippen molar-refractivity contribution in [2.45, 2.75) is 0 Å². The third kappa shape index (κ3) is 4.03. The number of benzene rings is 3. The average Bonchev–Trinajstić information content (AvgIpc) is 2.74. The summed E-state index contributed by atoms with van der Waals surface area (Å²) in [5, 5.41) is 14.4. The predicted octanol–water partition coefficient (Wildman–Crippen LogP) is 6.48. The van der Waals surface area contributed by atoms with Crippen LogP contribution in [0.15, 0.2) is 77.3 Å². The number of halogens is 2. The van der Waals surface area contributed by atoms with E-state index in [1.165, 1.54) is 18.2 Å². The van der Waals surface area contributed by atoms with Crippen molar-refractivity contribution in [3.8, 4) is 11.3 Å². The Morgan fingerprint density at radius 3 is 2.57 bits per heavy atom. The number of rotatable bonds is 4. The van der Waals surface area contributed by atoms with Gasteiger partial charge in [-0.1, -0.05) is 57.9 Å². The molecule has 0 unspecified atom stereocenters. The minimum Gasteiger partial charge on any atom is -0.321 e. The molecule has 0 saturated carbocycles. The van der Waals surface area contributed by atoms with Crippen molar-refractivity contribution >= 4 is 55.7 Å². The fraction of sp³-hybridized carbons (Fsp3) is 0. The molecule has 148 valence electrons. The Morgan fingerprint density at radius 1 is 1.03 bits per heavy atom. The highest BCUT2D eigenvalue weighted by Crippen LogP contribution is 2.30. The first-order chi connectivity index (χ1) is 14.4. The van der Waals surface area contributed by atoms with E-state index < -0.39 is 4.92 Å². The quantitative estimate of drug-likeness (QED) is 0.266. The third-order valence-corrected chi connectivity index (χ3v) is 5.30. The van der Waals surface area contributed by atoms with Gasteiger partial charge < -0.3 is 5.32 Å². The molecule has 0 aliphatic carbocycles. The Kier molecular flexibility index (Phi) is 5.48. The zero-order valence-electron chi connectivity index (χ0n) is 15.3. The van der Waals surface area contributed by atoms with Gasteiger partial charge in [0.1, 0.15) is 0 Å². The van der Waals surface area contributed by atoms with E-state index in [1.54, 1.807) is 6.07 Å². The SMILES string of the molecule is O=C(Nc1ccc([N+](=O)[O-])cc1Cl)c1cc(-c2cccc(Br)c2)nc2ccccc12. The number of aromatic nitrogens is 1. The molecule has 0 fully saturated rings. The van der Waals surface area contributed by atoms with Gasteiger partial charge in [0.15, 0.2) is 0 Å². The number of hydrogen-bond acceptors (Lipinski definition) is 4. The number of anilines is 1. The van der Waals surface area contributed by atoms with E-state index in [1.807, 2.05) is 48.5 Å². The molecule has 1 aromatic heterocycles. The van der Waals surface area contributed by atoms with E-state index >= 15 is 0 Å². The molecule has 0 radical (unpaired) electrons. The summed E-state index contributed by atoms with van der Waals surface area (Å²) in [6.07, 6.45) is 0. The second kappa shape index (κ2) is 8.22. The molecule has 1 heterocycles. The zero-order chi connectivity index (χ0) is 21.3. The van der Waals surface area contributed by atoms with Crippen LogP contribution in [0.3, 0.4) is 0 Å². The van der Waals surface area contributed by atoms with Crippen molar-refractivity contribution in [3.05, 3.63) is 98.0 Å². The van der Waals surface area contributed by atoms with E-state index in [-0.39, 0.29) is 22.3 Å². The summed E-state index contributed by atoms with van der Waals surface area (Å²) in [6, 6.07) is 20.6. The summed E-state index contributed by atoms with van der Waals surface area (Å²) < 4.78 is 0.902. The maximum absolute atomic E-state index is 13.1. The number of nitrogens with zero attached hydrogens (tertiary/aromatic N) is 2. The summed E-state index contributed by atoms with van der Waals surface area (Å²) >= 11 is 9.59. The predicted molar refractivity (Wildman–Crippen MR) is 121 cm³/mol. The number of carbonyl (C=O) groups is 1. The maximum Gasteiger partial charge on any atom is 0.271 e. The molecule has 0 saturated heterocycles. The Balaban J connectivity index is 1.77. The molecule has 8 heteroatoms. The zero-order valence-corrected chi connectivity index (χ0v) is 17.6. The molecule has 1 N–H and O–H groups in total. The van der Waals surface area contributed by atoms with Crippen molar-refractivity contribution in [2.75, 3.05) is 5.32 Å². The lowest BCUT2D eigenvalue weighted by Crippen LogP contribution is -2.13. The highest BCUT2D eigenvalue weighted by molar-refractivity contribution is 9.10. The molecular weight excluding hydrogens is 470 g/mol. The molecular formula is C22H13BrClN3O3. The summed E-state index contributed by atoms with van der Waals surface area (Å²) in [6.45, 7) is 0. The molecule has 30 heavy (non-hydrogen) atoms. The van der Waals surface area contributed by atoms with E-state index in [0.29, 0.717) is 22.2 Å². The van der Waals surface area contributed by atoms with Crippen molar-refractivity contribution in [3.63, 3.8) is 0 Å². The van der Waals surface area contributed by atoms with E-state index in [2.05, 4.69) is 26.2 Å². The summed E-state index contributed by atoms with van der Waals surface area (Å²) in [5.41, 5.74) is 2.74. The number of nitro groups is 1. The number of nitrogens with one attached hydrogen (secondary N) is 1. The molecule has 0 spiro atoms. The van der Waals surface area contributed by atoms with Crippen LogP contribution in [0.4, 0.5) is 11.4 Å². The molecule has 6 nitrogen and oxygen atoms in total. The van der Waals surface area contributed by atoms with Crippen molar-refractivity contribution in [1.82, 2.24) is 4.98 Å². The number of para-hydroxylation sites is 1. The fourth-order valence-electron chi connectivity index (χ4n) is 3.07. The van der Waals surface area contributed by atoms with Crippen molar-refractivity contribution in [2.24, 2.45) is 0 Å². The Labute approximate surface area is 184 Å². The van der Waals surface area contributed by atoms with Crippen LogP contribution in [0, 0.1) is 10.1 Å². The number of nitro benzene ring substituents is 1. The minimum atomic E-state index is -0.544. The largest absolute Gasteiger partial charge is 0.321 e. The van der Waals surface area contributed by atoms with Crippen LogP contribution in [0.25, 0.3) is 22.2 Å². The van der Waals surface area contributed by atoms with Gasteiger partial charge in [-0.15, -0.1) is 0 Å². The highest BCUT2D eigenvalue weighted by atomic mass is 79.9. The molecule has 4 rings (SSSR count). The Morgan fingerprint density at radius 2 is 1.83 bits per heavy atom. The average molecular weight is 483 g/mol. The van der Waals surface area contributed by atoms with Crippen LogP contribution < -0.4 is 5.32 Å². The molecule has 0 bridgehead atoms. The van der Waals surface area contributed by atoms with E-state index in [9.17, 15) is 14.9 Å². The fourth-order valence-corrected chi connectivity index (χ4v) is 3.69. The summed E-state index contributed by atoms with van der Waals surface area (Å²) in [7, 11) is 0. The molecule has 0 aliphatic heterocycles. The van der Waals surface area contributed by atoms with Crippen LogP contribution in [0.5, 0.6) is 0 Å². The molecule has 4 aromatic rings. The number of amides is 1. The van der Waals surface area contributed by atoms with Crippen molar-refractivity contribution < 1.29 is 9.72 Å². The topological polar surface area (TPSA) is 85.1 Å². The summed E-state index contributed by atoms with van der Waals surface area (Å²) in [5.74, 6) is -0.388. The van der Waals surface area contributed by atoms with Gasteiger partial charge in [0.05, 0.1) is 32.4 Å². The van der Waals surface area contributed by atoms with Gasteiger partial charge in [-0.25, -0.2) is 4.98 Å². The maximum atomic E-state index is 13.1. The minimum absolute atomic E-state index is 0.0862. The van der Waals surface area contributed by atoms with Crippen LogP contribution in [-0.4, -0.2) is 15.8 Å². The van der Waals surface area contributed by atoms with E-state index in [4.69, 9.17) is 11.6 Å². The second-order valence-corrected chi connectivity index (χ2v) is 7.78. The number of pyridine rings is 1. The molecule has 0 atom stereocenters. The van der Waals surface area contributed by atoms with Crippen LogP contribution >= 0.6 is 27.5 Å². The first-order valence-corrected chi connectivity index (χ1v) is 10.0. The monoisotopic (exact) mass is 481 g/mol. The Bertz CT molecular complexity index is 1310. The van der Waals surface area contributed by atoms with E-state index in [0.717, 1.165) is 10.0 Å².